The zero-order valence-corrected chi connectivity index (χ0v) is 26.4. The van der Waals surface area contributed by atoms with Gasteiger partial charge >= 0.3 is 5.97 Å². The topological polar surface area (TPSA) is 122 Å². The first-order valence-corrected chi connectivity index (χ1v) is 16.2. The van der Waals surface area contributed by atoms with Gasteiger partial charge < -0.3 is 10.0 Å². The Morgan fingerprint density at radius 2 is 1.80 bits per heavy atom. The molecule has 1 unspecified atom stereocenters. The van der Waals surface area contributed by atoms with Crippen LogP contribution in [-0.4, -0.2) is 47.5 Å². The molecule has 44 heavy (non-hydrogen) atoms. The molecule has 2 fully saturated rings. The maximum absolute atomic E-state index is 14.7. The maximum atomic E-state index is 14.7. The van der Waals surface area contributed by atoms with Gasteiger partial charge in [-0.25, -0.2) is 4.21 Å². The Balaban J connectivity index is 1.64. The fraction of sp³-hybridized carbons (Fsp3) is 0.364. The summed E-state index contributed by atoms with van der Waals surface area (Å²) in [5.41, 5.74) is 1.44. The van der Waals surface area contributed by atoms with E-state index in [9.17, 15) is 28.7 Å². The van der Waals surface area contributed by atoms with Gasteiger partial charge in [-0.1, -0.05) is 72.6 Å². The summed E-state index contributed by atoms with van der Waals surface area (Å²) in [5.74, 6) is -1.68. The molecule has 230 valence electrons. The van der Waals surface area contributed by atoms with Crippen molar-refractivity contribution in [3.05, 3.63) is 105 Å². The third kappa shape index (κ3) is 7.01. The summed E-state index contributed by atoms with van der Waals surface area (Å²) in [6.45, 7) is 1.77. The fourth-order valence-corrected chi connectivity index (χ4v) is 7.39. The van der Waals surface area contributed by atoms with E-state index in [-0.39, 0.29) is 43.7 Å². The van der Waals surface area contributed by atoms with Crippen molar-refractivity contribution in [3.63, 3.8) is 0 Å². The van der Waals surface area contributed by atoms with Crippen LogP contribution in [0.3, 0.4) is 0 Å². The second-order valence-electron chi connectivity index (χ2n) is 11.9. The molecule has 5 rings (SSSR count). The fourth-order valence-electron chi connectivity index (χ4n) is 6.54. The molecule has 1 saturated heterocycles. The third-order valence-electron chi connectivity index (χ3n) is 8.75. The summed E-state index contributed by atoms with van der Waals surface area (Å²) < 4.78 is 24.6. The van der Waals surface area contributed by atoms with Gasteiger partial charge in [-0.05, 0) is 72.2 Å². The molecule has 1 aliphatic heterocycles. The number of aliphatic carboxylic acids is 1. The number of rotatable bonds is 11. The molecule has 0 bridgehead atoms. The van der Waals surface area contributed by atoms with E-state index in [1.807, 2.05) is 30.3 Å². The summed E-state index contributed by atoms with van der Waals surface area (Å²) in [4.78, 5) is 28.6. The molecule has 3 aromatic rings. The molecule has 1 amide bonds. The van der Waals surface area contributed by atoms with Crippen LogP contribution in [0.5, 0.6) is 0 Å². The van der Waals surface area contributed by atoms with Gasteiger partial charge in [0.2, 0.25) is 17.2 Å². The largest absolute Gasteiger partial charge is 0.481 e. The lowest BCUT2D eigenvalue weighted by atomic mass is 9.67. The third-order valence-corrected chi connectivity index (χ3v) is 9.96. The molecule has 3 aromatic carbocycles. The summed E-state index contributed by atoms with van der Waals surface area (Å²) in [6, 6.07) is 22.7. The Hall–Kier alpha value is -3.26. The predicted molar refractivity (Wildman–Crippen MR) is 169 cm³/mol. The number of benzene rings is 3. The lowest BCUT2D eigenvalue weighted by molar-refractivity contribution is -0.161. The van der Waals surface area contributed by atoms with Crippen molar-refractivity contribution in [2.45, 2.75) is 57.2 Å². The van der Waals surface area contributed by atoms with Gasteiger partial charge in [-0.3, -0.25) is 14.1 Å². The highest BCUT2D eigenvalue weighted by Crippen LogP contribution is 2.54. The molecule has 0 spiro atoms. The monoisotopic (exact) mass is 653 g/mol. The van der Waals surface area contributed by atoms with Gasteiger partial charge in [0.25, 0.3) is 0 Å². The molecule has 5 atom stereocenters. The van der Waals surface area contributed by atoms with E-state index in [0.29, 0.717) is 21.2 Å². The van der Waals surface area contributed by atoms with Gasteiger partial charge in [0.05, 0.1) is 29.5 Å². The first-order chi connectivity index (χ1) is 21.0. The number of likely N-dealkylation sites (tertiary alicyclic amines) is 1. The average molecular weight is 655 g/mol. The Bertz CT molecular complexity index is 1610. The quantitative estimate of drug-likeness (QED) is 0.219. The van der Waals surface area contributed by atoms with Crippen molar-refractivity contribution in [2.75, 3.05) is 6.54 Å². The van der Waals surface area contributed by atoms with Gasteiger partial charge in [-0.2, -0.15) is 9.57 Å². The second-order valence-corrected chi connectivity index (χ2v) is 13.8. The van der Waals surface area contributed by atoms with Crippen LogP contribution < -0.4 is 0 Å². The van der Waals surface area contributed by atoms with Crippen molar-refractivity contribution < 1.29 is 23.5 Å². The van der Waals surface area contributed by atoms with Crippen LogP contribution >= 0.6 is 23.2 Å². The molecule has 2 aliphatic rings. The highest BCUT2D eigenvalue weighted by molar-refractivity contribution is 7.76. The standard InChI is InChI=1S/C33H33Cl2N3O5S/c1-33(17-30(39)40)16-28(23-7-4-8-27(35)15-23)31(22-11-13-26(34)14-12-22)38(32(33)41)29(21-9-10-21)20-37(44(42)43)19-25-6-3-2-5-24(25)18-36/h2-8,11-15,21,28-29,31H,9-10,16-17,19-20H2,1H3,(H,39,40)(H,42,43)/t28-,29+,31+,33-/m0/s1. The van der Waals surface area contributed by atoms with E-state index >= 15 is 0 Å². The normalized spacial score (nSPS) is 23.3. The van der Waals surface area contributed by atoms with Gasteiger partial charge in [0.15, 0.2) is 0 Å². The Morgan fingerprint density at radius 3 is 2.41 bits per heavy atom. The predicted octanol–water partition coefficient (Wildman–Crippen LogP) is 6.82. The number of carboxylic acids is 1. The highest BCUT2D eigenvalue weighted by atomic mass is 35.5. The summed E-state index contributed by atoms with van der Waals surface area (Å²) >= 11 is 10.3. The second kappa shape index (κ2) is 13.4. The molecule has 2 N–H and O–H groups in total. The van der Waals surface area contributed by atoms with E-state index < -0.39 is 34.7 Å². The van der Waals surface area contributed by atoms with Gasteiger partial charge in [0.1, 0.15) is 0 Å². The Kier molecular flexibility index (Phi) is 9.78. The summed E-state index contributed by atoms with van der Waals surface area (Å²) in [7, 11) is 0. The van der Waals surface area contributed by atoms with Crippen molar-refractivity contribution >= 4 is 46.3 Å². The number of carbonyl (C=O) groups excluding carboxylic acids is 1. The molecule has 0 radical (unpaired) electrons. The average Bonchev–Trinajstić information content (AvgIpc) is 3.82. The van der Waals surface area contributed by atoms with E-state index in [1.54, 1.807) is 54.3 Å². The Morgan fingerprint density at radius 1 is 1.09 bits per heavy atom. The minimum atomic E-state index is -2.42. The molecular formula is C33H33Cl2N3O5S. The van der Waals surface area contributed by atoms with E-state index in [0.717, 1.165) is 24.0 Å². The van der Waals surface area contributed by atoms with E-state index in [1.165, 1.54) is 4.31 Å². The minimum Gasteiger partial charge on any atom is -0.481 e. The number of hydrogen-bond acceptors (Lipinski definition) is 4. The van der Waals surface area contributed by atoms with E-state index in [4.69, 9.17) is 23.2 Å². The number of amides is 1. The van der Waals surface area contributed by atoms with Crippen molar-refractivity contribution in [1.29, 1.82) is 5.26 Å². The zero-order chi connectivity index (χ0) is 31.6. The molecule has 8 nitrogen and oxygen atoms in total. The zero-order valence-electron chi connectivity index (χ0n) is 24.1. The lowest BCUT2D eigenvalue weighted by Crippen LogP contribution is -2.59. The first-order valence-electron chi connectivity index (χ1n) is 14.4. The van der Waals surface area contributed by atoms with Gasteiger partial charge in [0, 0.05) is 35.1 Å². The highest BCUT2D eigenvalue weighted by Gasteiger charge is 2.54. The minimum absolute atomic E-state index is 0.0216. The van der Waals surface area contributed by atoms with Crippen LogP contribution in [-0.2, 0) is 27.4 Å². The van der Waals surface area contributed by atoms with Crippen LogP contribution in [0.4, 0.5) is 0 Å². The number of nitriles is 1. The molecule has 11 heteroatoms. The molecule has 1 saturated carbocycles. The van der Waals surface area contributed by atoms with Crippen LogP contribution in [0, 0.1) is 22.7 Å². The van der Waals surface area contributed by atoms with Crippen LogP contribution in [0.1, 0.15) is 66.8 Å². The number of carboxylic acid groups (broad SMARTS) is 1. The number of hydrogen-bond donors (Lipinski definition) is 2. The van der Waals surface area contributed by atoms with Crippen LogP contribution in [0.2, 0.25) is 10.0 Å². The Labute approximate surface area is 269 Å². The van der Waals surface area contributed by atoms with Crippen molar-refractivity contribution in [1.82, 2.24) is 9.21 Å². The number of halogens is 2. The SMILES string of the molecule is C[C@@]1(CC(=O)O)C[C@@H](c2cccc(Cl)c2)[C@@H](c2ccc(Cl)cc2)N([C@H](CN(Cc2ccccc2C#N)S(=O)O)C2CC2)C1=O. The van der Waals surface area contributed by atoms with Crippen LogP contribution in [0.25, 0.3) is 0 Å². The van der Waals surface area contributed by atoms with Crippen molar-refractivity contribution in [3.8, 4) is 6.07 Å². The molecule has 1 aliphatic carbocycles. The first kappa shape index (κ1) is 32.1. The maximum Gasteiger partial charge on any atom is 0.304 e. The number of piperidine rings is 1. The summed E-state index contributed by atoms with van der Waals surface area (Å²) in [6.07, 6.45) is 1.54. The molecule has 1 heterocycles. The lowest BCUT2D eigenvalue weighted by Gasteiger charge is -2.52. The van der Waals surface area contributed by atoms with Crippen molar-refractivity contribution in [2.24, 2.45) is 11.3 Å². The smallest absolute Gasteiger partial charge is 0.304 e. The van der Waals surface area contributed by atoms with E-state index in [2.05, 4.69) is 6.07 Å². The molecule has 0 aromatic heterocycles. The van der Waals surface area contributed by atoms with Crippen LogP contribution in [0.15, 0.2) is 72.8 Å². The number of carbonyl (C=O) groups is 2. The number of nitrogens with zero attached hydrogens (tertiary/aromatic N) is 3. The van der Waals surface area contributed by atoms with Gasteiger partial charge in [-0.15, -0.1) is 0 Å². The summed E-state index contributed by atoms with van der Waals surface area (Å²) in [5, 5.41) is 20.6. The molecular weight excluding hydrogens is 621 g/mol.